The molecule has 1 saturated heterocycles. The van der Waals surface area contributed by atoms with Gasteiger partial charge in [0.2, 0.25) is 0 Å². The van der Waals surface area contributed by atoms with Crippen LogP contribution in [-0.4, -0.2) is 61.0 Å². The van der Waals surface area contributed by atoms with Gasteiger partial charge in [-0.25, -0.2) is 9.59 Å². The number of carbonyl (C=O) groups excluding carboxylic acids is 1. The number of halogens is 3. The van der Waals surface area contributed by atoms with Crippen LogP contribution in [0.25, 0.3) is 0 Å². The number of alkyl halides is 3. The number of likely N-dealkylation sites (tertiary alicyclic amines) is 1. The van der Waals surface area contributed by atoms with Gasteiger partial charge in [0.15, 0.2) is 0 Å². The molecule has 0 spiro atoms. The first kappa shape index (κ1) is 16.5. The molecule has 0 aromatic carbocycles. The Morgan fingerprint density at radius 1 is 1.30 bits per heavy atom. The maximum atomic E-state index is 12.4. The van der Waals surface area contributed by atoms with Crippen LogP contribution in [0, 0.1) is 5.92 Å². The Morgan fingerprint density at radius 3 is 2.40 bits per heavy atom. The van der Waals surface area contributed by atoms with Gasteiger partial charge >= 0.3 is 18.2 Å². The minimum Gasteiger partial charge on any atom is -0.480 e. The highest BCUT2D eigenvalue weighted by Crippen LogP contribution is 2.33. The van der Waals surface area contributed by atoms with Crippen molar-refractivity contribution in [2.75, 3.05) is 32.8 Å². The van der Waals surface area contributed by atoms with E-state index in [-0.39, 0.29) is 39.1 Å². The molecular weight excluding hydrogens is 281 g/mol. The number of nitrogens with one attached hydrogen (secondary N) is 1. The molecule has 20 heavy (non-hydrogen) atoms. The molecule has 1 fully saturated rings. The Hall–Kier alpha value is -1.51. The number of nitrogens with zero attached hydrogens (tertiary/aromatic N) is 1. The summed E-state index contributed by atoms with van der Waals surface area (Å²) in [5, 5.41) is 10.8. The van der Waals surface area contributed by atoms with E-state index in [1.54, 1.807) is 0 Å². The second-order valence-electron chi connectivity index (χ2n) is 4.48. The first-order chi connectivity index (χ1) is 9.30. The Balaban J connectivity index is 2.18. The second kappa shape index (κ2) is 7.32. The monoisotopic (exact) mass is 298 g/mol. The van der Waals surface area contributed by atoms with Gasteiger partial charge in [-0.15, -0.1) is 0 Å². The first-order valence-corrected chi connectivity index (χ1v) is 6.19. The number of amides is 2. The van der Waals surface area contributed by atoms with Gasteiger partial charge in [0.25, 0.3) is 0 Å². The maximum absolute atomic E-state index is 12.4. The third-order valence-corrected chi connectivity index (χ3v) is 2.99. The van der Waals surface area contributed by atoms with Crippen molar-refractivity contribution in [3.63, 3.8) is 0 Å². The predicted molar refractivity (Wildman–Crippen MR) is 62.2 cm³/mol. The number of carbonyl (C=O) groups is 2. The molecule has 0 unspecified atom stereocenters. The maximum Gasteiger partial charge on any atom is 0.391 e. The molecule has 0 aromatic rings. The standard InChI is InChI=1S/C11H17F3N2O4/c12-11(13,14)8-1-4-16(5-2-8)10(19)15-3-6-20-7-9(17)18/h8H,1-7H2,(H,15,19)(H,17,18). The van der Waals surface area contributed by atoms with E-state index in [1.807, 2.05) is 0 Å². The summed E-state index contributed by atoms with van der Waals surface area (Å²) in [7, 11) is 0. The molecule has 0 saturated carbocycles. The van der Waals surface area contributed by atoms with Gasteiger partial charge in [-0.05, 0) is 12.8 Å². The molecule has 0 bridgehead atoms. The number of hydrogen-bond donors (Lipinski definition) is 2. The van der Waals surface area contributed by atoms with Crippen molar-refractivity contribution in [3.8, 4) is 0 Å². The predicted octanol–water partition coefficient (Wildman–Crippen LogP) is 1.07. The number of carboxylic acid groups (broad SMARTS) is 1. The van der Waals surface area contributed by atoms with Gasteiger partial charge in [-0.1, -0.05) is 0 Å². The zero-order chi connectivity index (χ0) is 15.2. The highest BCUT2D eigenvalue weighted by molar-refractivity contribution is 5.74. The van der Waals surface area contributed by atoms with E-state index in [2.05, 4.69) is 5.32 Å². The van der Waals surface area contributed by atoms with Gasteiger partial charge in [0.1, 0.15) is 6.61 Å². The van der Waals surface area contributed by atoms with Gasteiger partial charge < -0.3 is 20.1 Å². The van der Waals surface area contributed by atoms with Crippen molar-refractivity contribution >= 4 is 12.0 Å². The summed E-state index contributed by atoms with van der Waals surface area (Å²) < 4.78 is 42.0. The largest absolute Gasteiger partial charge is 0.480 e. The summed E-state index contributed by atoms with van der Waals surface area (Å²) in [5.41, 5.74) is 0. The zero-order valence-corrected chi connectivity index (χ0v) is 10.8. The molecule has 0 atom stereocenters. The average Bonchev–Trinajstić information content (AvgIpc) is 2.37. The van der Waals surface area contributed by atoms with Crippen LogP contribution in [0.4, 0.5) is 18.0 Å². The van der Waals surface area contributed by atoms with Gasteiger partial charge in [-0.3, -0.25) is 0 Å². The van der Waals surface area contributed by atoms with Crippen LogP contribution in [0.5, 0.6) is 0 Å². The van der Waals surface area contributed by atoms with E-state index in [0.29, 0.717) is 0 Å². The van der Waals surface area contributed by atoms with E-state index in [1.165, 1.54) is 4.90 Å². The van der Waals surface area contributed by atoms with E-state index in [4.69, 9.17) is 9.84 Å². The van der Waals surface area contributed by atoms with E-state index < -0.39 is 30.7 Å². The molecular formula is C11H17F3N2O4. The number of piperidine rings is 1. The fraction of sp³-hybridized carbons (Fsp3) is 0.818. The van der Waals surface area contributed by atoms with Crippen LogP contribution < -0.4 is 5.32 Å². The van der Waals surface area contributed by atoms with Crippen LogP contribution in [0.1, 0.15) is 12.8 Å². The Kier molecular flexibility index (Phi) is 6.05. The number of carboxylic acids is 1. The molecule has 0 aliphatic carbocycles. The lowest BCUT2D eigenvalue weighted by Crippen LogP contribution is -2.47. The van der Waals surface area contributed by atoms with Crippen LogP contribution in [0.3, 0.4) is 0 Å². The van der Waals surface area contributed by atoms with E-state index in [0.717, 1.165) is 0 Å². The highest BCUT2D eigenvalue weighted by Gasteiger charge is 2.41. The van der Waals surface area contributed by atoms with E-state index >= 15 is 0 Å². The Labute approximate surface area is 113 Å². The summed E-state index contributed by atoms with van der Waals surface area (Å²) in [6.07, 6.45) is -4.38. The number of urea groups is 1. The van der Waals surface area contributed by atoms with Crippen molar-refractivity contribution in [2.45, 2.75) is 19.0 Å². The summed E-state index contributed by atoms with van der Waals surface area (Å²) in [4.78, 5) is 23.1. The van der Waals surface area contributed by atoms with Crippen molar-refractivity contribution in [1.29, 1.82) is 0 Å². The molecule has 1 aliphatic heterocycles. The van der Waals surface area contributed by atoms with Crippen LogP contribution in [0.15, 0.2) is 0 Å². The fourth-order valence-corrected chi connectivity index (χ4v) is 1.91. The molecule has 6 nitrogen and oxygen atoms in total. The summed E-state index contributed by atoms with van der Waals surface area (Å²) in [6.45, 7) is -0.173. The van der Waals surface area contributed by atoms with Crippen LogP contribution in [0.2, 0.25) is 0 Å². The quantitative estimate of drug-likeness (QED) is 0.744. The summed E-state index contributed by atoms with van der Waals surface area (Å²) in [6, 6.07) is -0.454. The number of hydrogen-bond acceptors (Lipinski definition) is 3. The SMILES string of the molecule is O=C(O)COCCNC(=O)N1CCC(C(F)(F)F)CC1. The molecule has 9 heteroatoms. The van der Waals surface area contributed by atoms with Crippen molar-refractivity contribution in [3.05, 3.63) is 0 Å². The lowest BCUT2D eigenvalue weighted by atomic mass is 9.96. The van der Waals surface area contributed by atoms with Crippen LogP contribution in [-0.2, 0) is 9.53 Å². The third kappa shape index (κ3) is 5.64. The summed E-state index contributed by atoms with van der Waals surface area (Å²) in [5.74, 6) is -2.45. The van der Waals surface area contributed by atoms with Crippen LogP contribution >= 0.6 is 0 Å². The van der Waals surface area contributed by atoms with Gasteiger partial charge in [-0.2, -0.15) is 13.2 Å². The van der Waals surface area contributed by atoms with Gasteiger partial charge in [0.05, 0.1) is 12.5 Å². The fourth-order valence-electron chi connectivity index (χ4n) is 1.91. The zero-order valence-electron chi connectivity index (χ0n) is 10.8. The van der Waals surface area contributed by atoms with Gasteiger partial charge in [0, 0.05) is 19.6 Å². The molecule has 2 N–H and O–H groups in total. The molecule has 1 heterocycles. The lowest BCUT2D eigenvalue weighted by Gasteiger charge is -2.32. The first-order valence-electron chi connectivity index (χ1n) is 6.19. The smallest absolute Gasteiger partial charge is 0.391 e. The van der Waals surface area contributed by atoms with Crippen molar-refractivity contribution in [2.24, 2.45) is 5.92 Å². The van der Waals surface area contributed by atoms with Crippen molar-refractivity contribution in [1.82, 2.24) is 10.2 Å². The normalized spacial score (nSPS) is 17.1. The minimum atomic E-state index is -4.20. The molecule has 1 aliphatic rings. The lowest BCUT2D eigenvalue weighted by molar-refractivity contribution is -0.183. The molecule has 0 radical (unpaired) electrons. The third-order valence-electron chi connectivity index (χ3n) is 2.99. The Bertz CT molecular complexity index is 341. The minimum absolute atomic E-state index is 0.0387. The molecule has 1 rings (SSSR count). The van der Waals surface area contributed by atoms with E-state index in [9.17, 15) is 22.8 Å². The van der Waals surface area contributed by atoms with Crippen molar-refractivity contribution < 1.29 is 32.6 Å². The molecule has 0 aromatic heterocycles. The molecule has 2 amide bonds. The highest BCUT2D eigenvalue weighted by atomic mass is 19.4. The Morgan fingerprint density at radius 2 is 1.90 bits per heavy atom. The topological polar surface area (TPSA) is 78.9 Å². The number of aliphatic carboxylic acids is 1. The number of ether oxygens (including phenoxy) is 1. The number of rotatable bonds is 5. The second-order valence-corrected chi connectivity index (χ2v) is 4.48. The average molecular weight is 298 g/mol. The summed E-state index contributed by atoms with van der Waals surface area (Å²) >= 11 is 0. The molecule has 116 valence electrons.